The maximum Gasteiger partial charge on any atom is 0.417 e. The number of alkyl halides is 3. The Morgan fingerprint density at radius 1 is 1.07 bits per heavy atom. The van der Waals surface area contributed by atoms with Crippen molar-refractivity contribution >= 4 is 44.1 Å². The molecule has 3 rings (SSSR count). The lowest BCUT2D eigenvalue weighted by atomic mass is 10.0. The molecule has 0 bridgehead atoms. The summed E-state index contributed by atoms with van der Waals surface area (Å²) in [5.41, 5.74) is -4.22. The average Bonchev–Trinajstić information content (AvgIpc) is 2.59. The van der Waals surface area contributed by atoms with Gasteiger partial charge in [0.05, 0.1) is 22.2 Å². The molecule has 0 amide bonds. The van der Waals surface area contributed by atoms with E-state index >= 15 is 0 Å². The van der Waals surface area contributed by atoms with E-state index in [1.165, 1.54) is 0 Å². The van der Waals surface area contributed by atoms with Crippen LogP contribution >= 0.6 is 15.9 Å². The van der Waals surface area contributed by atoms with Crippen LogP contribution in [0.3, 0.4) is 0 Å². The first-order valence-electron chi connectivity index (χ1n) is 7.80. The summed E-state index contributed by atoms with van der Waals surface area (Å²) >= 11 is 3.01. The van der Waals surface area contributed by atoms with Crippen LogP contribution in [-0.2, 0) is 6.18 Å². The van der Waals surface area contributed by atoms with Gasteiger partial charge in [-0.2, -0.15) is 13.2 Å². The second kappa shape index (κ2) is 7.21. The van der Waals surface area contributed by atoms with Crippen LogP contribution in [0.2, 0.25) is 0 Å². The average molecular weight is 479 g/mol. The van der Waals surface area contributed by atoms with Crippen molar-refractivity contribution in [1.29, 1.82) is 0 Å². The summed E-state index contributed by atoms with van der Waals surface area (Å²) in [4.78, 5) is 27.2. The molecule has 2 N–H and O–H groups in total. The zero-order valence-corrected chi connectivity index (χ0v) is 15.9. The number of carbonyl (C=O) groups is 1. The van der Waals surface area contributed by atoms with E-state index in [1.54, 1.807) is 0 Å². The molecule has 0 fully saturated rings. The molecule has 0 atom stereocenters. The minimum absolute atomic E-state index is 0.0570. The van der Waals surface area contributed by atoms with Gasteiger partial charge in [-0.15, -0.1) is 0 Å². The quantitative estimate of drug-likeness (QED) is 0.289. The lowest BCUT2D eigenvalue weighted by molar-refractivity contribution is -0.136. The maximum atomic E-state index is 14.0. The van der Waals surface area contributed by atoms with Gasteiger partial charge in [0, 0.05) is 16.6 Å². The number of hydrogen-bond donors (Lipinski definition) is 2. The number of rotatable bonds is 3. The number of ketones is 1. The van der Waals surface area contributed by atoms with Crippen LogP contribution < -0.4 is 10.7 Å². The number of Topliss-reactive ketones (excluding diaryl/α,β-unsaturated/α-hetero) is 1. The first kappa shape index (κ1) is 20.9. The molecule has 0 spiro atoms. The molecule has 4 nitrogen and oxygen atoms in total. The van der Waals surface area contributed by atoms with Crippen molar-refractivity contribution in [3.05, 3.63) is 67.5 Å². The summed E-state index contributed by atoms with van der Waals surface area (Å²) in [7, 11) is 0. The number of halogens is 7. The Morgan fingerprint density at radius 3 is 2.28 bits per heavy atom. The molecule has 1 aromatic heterocycles. The van der Waals surface area contributed by atoms with Crippen molar-refractivity contribution in [2.75, 3.05) is 5.32 Å². The van der Waals surface area contributed by atoms with Crippen molar-refractivity contribution < 1.29 is 31.1 Å². The first-order chi connectivity index (χ1) is 13.4. The Bertz CT molecular complexity index is 1220. The molecule has 1 heterocycles. The molecule has 29 heavy (non-hydrogen) atoms. The fourth-order valence-electron chi connectivity index (χ4n) is 2.78. The van der Waals surface area contributed by atoms with Gasteiger partial charge < -0.3 is 10.3 Å². The number of carbonyl (C=O) groups excluding carboxylic acids is 1. The van der Waals surface area contributed by atoms with Gasteiger partial charge in [-0.25, -0.2) is 13.2 Å². The highest BCUT2D eigenvalue weighted by Gasteiger charge is 2.35. The van der Waals surface area contributed by atoms with Gasteiger partial charge in [0.15, 0.2) is 17.4 Å². The monoisotopic (exact) mass is 478 g/mol. The minimum Gasteiger partial charge on any atom is -0.340 e. The van der Waals surface area contributed by atoms with Crippen LogP contribution in [0.5, 0.6) is 0 Å². The number of fused-ring (bicyclic) bond motifs is 1. The smallest absolute Gasteiger partial charge is 0.340 e. The number of H-pyrrole nitrogens is 1. The summed E-state index contributed by atoms with van der Waals surface area (Å²) in [5, 5.41) is 1.45. The van der Waals surface area contributed by atoms with Crippen LogP contribution in [0.1, 0.15) is 22.8 Å². The minimum atomic E-state index is -4.89. The second-order valence-corrected chi connectivity index (χ2v) is 6.83. The number of pyridine rings is 1. The molecule has 0 aliphatic carbocycles. The summed E-state index contributed by atoms with van der Waals surface area (Å²) in [6.45, 7) is 0.925. The Labute approximate surface area is 166 Å². The molecule has 0 unspecified atom stereocenters. The van der Waals surface area contributed by atoms with Gasteiger partial charge in [0.25, 0.3) is 0 Å². The fourth-order valence-corrected chi connectivity index (χ4v) is 3.21. The number of aromatic nitrogens is 1. The highest BCUT2D eigenvalue weighted by molar-refractivity contribution is 9.10. The van der Waals surface area contributed by atoms with Crippen LogP contribution in [0.15, 0.2) is 33.5 Å². The van der Waals surface area contributed by atoms with E-state index < -0.39 is 62.9 Å². The number of anilines is 2. The highest BCUT2D eigenvalue weighted by atomic mass is 79.9. The Kier molecular flexibility index (Phi) is 5.20. The molecule has 0 radical (unpaired) electrons. The summed E-state index contributed by atoms with van der Waals surface area (Å²) in [6.07, 6.45) is -4.89. The molecular weight excluding hydrogens is 470 g/mol. The lowest BCUT2D eigenvalue weighted by Crippen LogP contribution is -2.21. The zero-order valence-electron chi connectivity index (χ0n) is 14.3. The Balaban J connectivity index is 2.36. The number of aromatic amines is 1. The summed E-state index contributed by atoms with van der Waals surface area (Å²) in [6, 6.07) is 2.39. The molecule has 152 valence electrons. The molecule has 3 aromatic rings. The van der Waals surface area contributed by atoms with Crippen LogP contribution in [0.4, 0.5) is 37.8 Å². The van der Waals surface area contributed by atoms with E-state index in [9.17, 15) is 35.9 Å². The van der Waals surface area contributed by atoms with Crippen LogP contribution in [0.25, 0.3) is 10.9 Å². The number of benzene rings is 2. The predicted octanol–water partition coefficient (Wildman–Crippen LogP) is 5.67. The van der Waals surface area contributed by atoms with Gasteiger partial charge >= 0.3 is 6.18 Å². The topological polar surface area (TPSA) is 62.0 Å². The molecule has 0 saturated heterocycles. The molecule has 0 aliphatic rings. The number of hydrogen-bond acceptors (Lipinski definition) is 3. The van der Waals surface area contributed by atoms with Crippen LogP contribution in [0, 0.1) is 17.5 Å². The fraction of sp³-hybridized carbons (Fsp3) is 0.111. The Hall–Kier alpha value is -2.82. The van der Waals surface area contributed by atoms with Crippen molar-refractivity contribution in [3.8, 4) is 0 Å². The van der Waals surface area contributed by atoms with Crippen molar-refractivity contribution in [2.24, 2.45) is 0 Å². The summed E-state index contributed by atoms with van der Waals surface area (Å²) < 4.78 is 80.6. The van der Waals surface area contributed by atoms with E-state index in [4.69, 9.17) is 0 Å². The highest BCUT2D eigenvalue weighted by Crippen LogP contribution is 2.37. The molecular formula is C18H9BrF6N2O2. The van der Waals surface area contributed by atoms with Crippen LogP contribution in [-0.4, -0.2) is 10.8 Å². The maximum absolute atomic E-state index is 14.0. The first-order valence-corrected chi connectivity index (χ1v) is 8.59. The van der Waals surface area contributed by atoms with Gasteiger partial charge in [0.1, 0.15) is 17.2 Å². The molecule has 0 saturated carbocycles. The third-order valence-electron chi connectivity index (χ3n) is 4.04. The van der Waals surface area contributed by atoms with E-state index in [-0.39, 0.29) is 16.1 Å². The SMILES string of the molecule is CC(=O)c1c(Nc2cc(F)c(F)cc2F)[nH]c2c(Br)ccc(C(F)(F)F)c2c1=O. The Morgan fingerprint density at radius 2 is 1.69 bits per heavy atom. The standard InChI is InChI=1S/C18H9BrF6N2O2/c1-6(28)13-16(29)14-7(18(23,24)25)2-3-8(19)15(14)27-17(13)26-12-5-10(21)9(20)4-11(12)22/h2-5H,1H3,(H2,26,27,29). The number of nitrogens with one attached hydrogen (secondary N) is 2. The molecule has 11 heteroatoms. The molecule has 2 aromatic carbocycles. The van der Waals surface area contributed by atoms with Gasteiger partial charge in [-0.05, 0) is 35.0 Å². The normalized spacial score (nSPS) is 11.7. The molecule has 0 aliphatic heterocycles. The third-order valence-corrected chi connectivity index (χ3v) is 4.70. The summed E-state index contributed by atoms with van der Waals surface area (Å²) in [5.74, 6) is -5.53. The predicted molar refractivity (Wildman–Crippen MR) is 96.9 cm³/mol. The van der Waals surface area contributed by atoms with Gasteiger partial charge in [-0.1, -0.05) is 0 Å². The van der Waals surface area contributed by atoms with Crippen molar-refractivity contribution in [2.45, 2.75) is 13.1 Å². The third kappa shape index (κ3) is 3.74. The van der Waals surface area contributed by atoms with E-state index in [0.29, 0.717) is 12.1 Å². The van der Waals surface area contributed by atoms with E-state index in [1.807, 2.05) is 0 Å². The van der Waals surface area contributed by atoms with Gasteiger partial charge in [-0.3, -0.25) is 9.59 Å². The van der Waals surface area contributed by atoms with E-state index in [0.717, 1.165) is 13.0 Å². The lowest BCUT2D eigenvalue weighted by Gasteiger charge is -2.16. The zero-order chi connectivity index (χ0) is 21.7. The van der Waals surface area contributed by atoms with Gasteiger partial charge in [0.2, 0.25) is 5.43 Å². The largest absolute Gasteiger partial charge is 0.417 e. The van der Waals surface area contributed by atoms with Crippen molar-refractivity contribution in [1.82, 2.24) is 4.98 Å². The van der Waals surface area contributed by atoms with Crippen molar-refractivity contribution in [3.63, 3.8) is 0 Å². The second-order valence-electron chi connectivity index (χ2n) is 5.97. The van der Waals surface area contributed by atoms with E-state index in [2.05, 4.69) is 26.2 Å².